The van der Waals surface area contributed by atoms with E-state index in [9.17, 15) is 5.11 Å². The number of nitrogens with zero attached hydrogens (tertiary/aromatic N) is 1. The molecule has 1 N–H and O–H groups in total. The molecule has 0 aromatic heterocycles. The summed E-state index contributed by atoms with van der Waals surface area (Å²) in [5.74, 6) is 2.63. The Balaban J connectivity index is 1.82. The first kappa shape index (κ1) is 25.2. The third kappa shape index (κ3) is 8.90. The third-order valence-electron chi connectivity index (χ3n) is 7.62. The van der Waals surface area contributed by atoms with Crippen molar-refractivity contribution in [1.82, 2.24) is 4.90 Å². The van der Waals surface area contributed by atoms with E-state index in [4.69, 9.17) is 0 Å². The standard InChI is InChI=1S/C27H53NO/c1-24(2,3)23-12-10-11-21(15-23)16-26(6,7)20-28-14-13-22(18-28)17-25(4,5)19-27(8,9)29/h21-23,29H,10-20H2,1-9H3. The molecule has 0 radical (unpaired) electrons. The van der Waals surface area contributed by atoms with E-state index in [1.165, 1.54) is 64.6 Å². The molecule has 172 valence electrons. The summed E-state index contributed by atoms with van der Waals surface area (Å²) in [7, 11) is 0. The molecule has 3 unspecified atom stereocenters. The van der Waals surface area contributed by atoms with Crippen LogP contribution in [0.25, 0.3) is 0 Å². The maximum absolute atomic E-state index is 10.2. The van der Waals surface area contributed by atoms with Gasteiger partial charge >= 0.3 is 0 Å². The molecule has 1 aliphatic heterocycles. The molecule has 0 spiro atoms. The number of rotatable bonds is 8. The predicted octanol–water partition coefficient (Wildman–Crippen LogP) is 7.15. The van der Waals surface area contributed by atoms with E-state index in [0.717, 1.165) is 24.2 Å². The predicted molar refractivity (Wildman–Crippen MR) is 127 cm³/mol. The fourth-order valence-electron chi connectivity index (χ4n) is 6.96. The zero-order valence-corrected chi connectivity index (χ0v) is 21.4. The summed E-state index contributed by atoms with van der Waals surface area (Å²) < 4.78 is 0. The molecule has 1 heterocycles. The van der Waals surface area contributed by atoms with Crippen molar-refractivity contribution in [3.05, 3.63) is 0 Å². The highest BCUT2D eigenvalue weighted by molar-refractivity contribution is 4.89. The lowest BCUT2D eigenvalue weighted by atomic mass is 9.66. The molecule has 2 rings (SSSR count). The summed E-state index contributed by atoms with van der Waals surface area (Å²) in [5, 5.41) is 10.2. The van der Waals surface area contributed by atoms with Gasteiger partial charge in [0.25, 0.3) is 0 Å². The molecule has 0 aromatic rings. The number of likely N-dealkylation sites (tertiary alicyclic amines) is 1. The normalized spacial score (nSPS) is 28.1. The van der Waals surface area contributed by atoms with Crippen molar-refractivity contribution in [3.8, 4) is 0 Å². The molecule has 2 aliphatic rings. The van der Waals surface area contributed by atoms with Crippen LogP contribution >= 0.6 is 0 Å². The van der Waals surface area contributed by atoms with Gasteiger partial charge in [-0.25, -0.2) is 0 Å². The Bertz CT molecular complexity index is 508. The van der Waals surface area contributed by atoms with Gasteiger partial charge in [0, 0.05) is 13.1 Å². The molecular weight excluding hydrogens is 354 g/mol. The van der Waals surface area contributed by atoms with Gasteiger partial charge in [-0.15, -0.1) is 0 Å². The maximum atomic E-state index is 10.2. The molecule has 2 nitrogen and oxygen atoms in total. The zero-order valence-electron chi connectivity index (χ0n) is 21.4. The molecule has 29 heavy (non-hydrogen) atoms. The van der Waals surface area contributed by atoms with E-state index in [0.29, 0.717) is 10.8 Å². The lowest BCUT2D eigenvalue weighted by Crippen LogP contribution is -2.36. The Hall–Kier alpha value is -0.0800. The lowest BCUT2D eigenvalue weighted by Gasteiger charge is -2.41. The molecule has 1 saturated heterocycles. The van der Waals surface area contributed by atoms with E-state index in [-0.39, 0.29) is 5.41 Å². The van der Waals surface area contributed by atoms with Crippen LogP contribution in [0.2, 0.25) is 0 Å². The Morgan fingerprint density at radius 3 is 2.00 bits per heavy atom. The smallest absolute Gasteiger partial charge is 0.0596 e. The minimum Gasteiger partial charge on any atom is -0.390 e. The summed E-state index contributed by atoms with van der Waals surface area (Å²) >= 11 is 0. The van der Waals surface area contributed by atoms with E-state index in [2.05, 4.69) is 53.4 Å². The minimum atomic E-state index is -0.561. The molecule has 0 amide bonds. The van der Waals surface area contributed by atoms with Crippen LogP contribution in [-0.2, 0) is 0 Å². The monoisotopic (exact) mass is 407 g/mol. The van der Waals surface area contributed by atoms with Crippen LogP contribution in [0.15, 0.2) is 0 Å². The van der Waals surface area contributed by atoms with Crippen molar-refractivity contribution in [2.75, 3.05) is 19.6 Å². The van der Waals surface area contributed by atoms with Gasteiger partial charge in [0.2, 0.25) is 0 Å². The fourth-order valence-corrected chi connectivity index (χ4v) is 6.96. The van der Waals surface area contributed by atoms with Gasteiger partial charge in [-0.2, -0.15) is 0 Å². The van der Waals surface area contributed by atoms with Crippen LogP contribution < -0.4 is 0 Å². The van der Waals surface area contributed by atoms with Gasteiger partial charge in [0.15, 0.2) is 0 Å². The van der Waals surface area contributed by atoms with Crippen molar-refractivity contribution >= 4 is 0 Å². The highest BCUT2D eigenvalue weighted by Crippen LogP contribution is 2.44. The summed E-state index contributed by atoms with van der Waals surface area (Å²) in [6, 6.07) is 0. The first-order valence-electron chi connectivity index (χ1n) is 12.5. The first-order chi connectivity index (χ1) is 13.0. The molecule has 2 fully saturated rings. The van der Waals surface area contributed by atoms with E-state index in [1.54, 1.807) is 0 Å². The zero-order chi connectivity index (χ0) is 22.1. The van der Waals surface area contributed by atoms with Crippen LogP contribution in [0.4, 0.5) is 0 Å². The number of aliphatic hydroxyl groups is 1. The van der Waals surface area contributed by atoms with Gasteiger partial charge in [-0.05, 0) is 92.9 Å². The van der Waals surface area contributed by atoms with Crippen LogP contribution in [-0.4, -0.2) is 35.2 Å². The quantitative estimate of drug-likeness (QED) is 0.461. The molecule has 0 bridgehead atoms. The van der Waals surface area contributed by atoms with E-state index < -0.39 is 5.60 Å². The molecule has 3 atom stereocenters. The first-order valence-corrected chi connectivity index (χ1v) is 12.5. The number of hydrogen-bond donors (Lipinski definition) is 1. The van der Waals surface area contributed by atoms with Gasteiger partial charge in [0.05, 0.1) is 5.60 Å². The molecule has 1 saturated carbocycles. The van der Waals surface area contributed by atoms with Crippen LogP contribution in [0.5, 0.6) is 0 Å². The second kappa shape index (κ2) is 9.19. The maximum Gasteiger partial charge on any atom is 0.0596 e. The second-order valence-electron chi connectivity index (χ2n) is 14.2. The Morgan fingerprint density at radius 2 is 1.41 bits per heavy atom. The molecule has 0 aromatic carbocycles. The Kier molecular flexibility index (Phi) is 7.98. The van der Waals surface area contributed by atoms with Crippen LogP contribution in [0, 0.1) is 34.0 Å². The minimum absolute atomic E-state index is 0.221. The van der Waals surface area contributed by atoms with Crippen molar-refractivity contribution in [2.45, 2.75) is 119 Å². The van der Waals surface area contributed by atoms with E-state index >= 15 is 0 Å². The SMILES string of the molecule is CC(C)(O)CC(C)(C)CC1CCN(CC(C)(C)CC2CCCC(C(C)(C)C)C2)C1. The van der Waals surface area contributed by atoms with Gasteiger partial charge < -0.3 is 10.0 Å². The molecule has 1 aliphatic carbocycles. The highest BCUT2D eigenvalue weighted by Gasteiger charge is 2.36. The van der Waals surface area contributed by atoms with Crippen molar-refractivity contribution in [2.24, 2.45) is 34.0 Å². The third-order valence-corrected chi connectivity index (χ3v) is 7.62. The van der Waals surface area contributed by atoms with Crippen LogP contribution in [0.1, 0.15) is 114 Å². The lowest BCUT2D eigenvalue weighted by molar-refractivity contribution is 0.0243. The van der Waals surface area contributed by atoms with E-state index in [1.807, 2.05) is 13.8 Å². The van der Waals surface area contributed by atoms with Gasteiger partial charge in [0.1, 0.15) is 0 Å². The average molecular weight is 408 g/mol. The Morgan fingerprint density at radius 1 is 0.793 bits per heavy atom. The van der Waals surface area contributed by atoms with Gasteiger partial charge in [-0.1, -0.05) is 61.3 Å². The van der Waals surface area contributed by atoms with Crippen LogP contribution in [0.3, 0.4) is 0 Å². The summed E-state index contributed by atoms with van der Waals surface area (Å²) in [4.78, 5) is 2.74. The van der Waals surface area contributed by atoms with Gasteiger partial charge in [-0.3, -0.25) is 0 Å². The van der Waals surface area contributed by atoms with Crippen molar-refractivity contribution < 1.29 is 5.11 Å². The van der Waals surface area contributed by atoms with Crippen molar-refractivity contribution in [3.63, 3.8) is 0 Å². The topological polar surface area (TPSA) is 23.5 Å². The molecule has 2 heteroatoms. The summed E-state index contributed by atoms with van der Waals surface area (Å²) in [6.07, 6.45) is 10.6. The highest BCUT2D eigenvalue weighted by atomic mass is 16.3. The average Bonchev–Trinajstić information content (AvgIpc) is 2.88. The Labute approximate surface area is 183 Å². The fraction of sp³-hybridized carbons (Fsp3) is 1.00. The number of hydrogen-bond acceptors (Lipinski definition) is 2. The molecular formula is C27H53NO. The second-order valence-corrected chi connectivity index (χ2v) is 14.2. The largest absolute Gasteiger partial charge is 0.390 e. The summed E-state index contributed by atoms with van der Waals surface area (Å²) in [5.41, 5.74) is 0.552. The van der Waals surface area contributed by atoms with Crippen molar-refractivity contribution in [1.29, 1.82) is 0 Å². The summed E-state index contributed by atoms with van der Waals surface area (Å²) in [6.45, 7) is 24.7.